The molecule has 0 saturated carbocycles. The Morgan fingerprint density at radius 2 is 1.88 bits per heavy atom. The molecule has 218 valence electrons. The zero-order chi connectivity index (χ0) is 30.3. The van der Waals surface area contributed by atoms with Crippen LogP contribution in [-0.2, 0) is 4.79 Å². The SMILES string of the molecule is COc1cc(N2C(=S)N[C@H](c3ccccn3)[C@@H]2c2cc(C)n(-c3cc(Cl)ccc3O)c2C)ccc1NC(=O)C(C)(C)C. The first-order chi connectivity index (χ1) is 19.9. The highest BCUT2D eigenvalue weighted by molar-refractivity contribution is 7.80. The smallest absolute Gasteiger partial charge is 0.229 e. The van der Waals surface area contributed by atoms with Crippen LogP contribution in [0.1, 0.15) is 55.5 Å². The van der Waals surface area contributed by atoms with Crippen molar-refractivity contribution < 1.29 is 14.6 Å². The first-order valence-electron chi connectivity index (χ1n) is 13.6. The number of carbonyl (C=O) groups excluding carboxylic acids is 1. The molecule has 4 aromatic rings. The Morgan fingerprint density at radius 1 is 1.12 bits per heavy atom. The number of ether oxygens (including phenoxy) is 1. The Labute approximate surface area is 256 Å². The fourth-order valence-corrected chi connectivity index (χ4v) is 5.84. The second-order valence-electron chi connectivity index (χ2n) is 11.4. The molecule has 1 saturated heterocycles. The van der Waals surface area contributed by atoms with Gasteiger partial charge in [-0.15, -0.1) is 0 Å². The van der Waals surface area contributed by atoms with Gasteiger partial charge in [-0.25, -0.2) is 0 Å². The molecule has 1 aliphatic heterocycles. The molecule has 0 aliphatic carbocycles. The molecule has 0 bridgehead atoms. The number of nitrogens with one attached hydrogen (secondary N) is 2. The summed E-state index contributed by atoms with van der Waals surface area (Å²) in [7, 11) is 1.58. The number of phenolic OH excluding ortho intramolecular Hbond substituents is 1. The van der Waals surface area contributed by atoms with E-state index in [4.69, 9.17) is 28.6 Å². The molecular formula is C32H34ClN5O3S. The number of thiocarbonyl (C=S) groups is 1. The zero-order valence-corrected chi connectivity index (χ0v) is 26.0. The van der Waals surface area contributed by atoms with Crippen molar-refractivity contribution in [2.75, 3.05) is 17.3 Å². The Kier molecular flexibility index (Phi) is 7.92. The molecule has 2 aromatic carbocycles. The Hall–Kier alpha value is -4.08. The molecule has 5 rings (SSSR count). The summed E-state index contributed by atoms with van der Waals surface area (Å²) in [5, 5.41) is 18.3. The predicted molar refractivity (Wildman–Crippen MR) is 171 cm³/mol. The van der Waals surface area contributed by atoms with Gasteiger partial charge in [0, 0.05) is 39.8 Å². The maximum absolute atomic E-state index is 12.7. The van der Waals surface area contributed by atoms with E-state index >= 15 is 0 Å². The minimum absolute atomic E-state index is 0.114. The number of aryl methyl sites for hydroxylation is 1. The average Bonchev–Trinajstić information content (AvgIpc) is 3.44. The number of pyridine rings is 1. The van der Waals surface area contributed by atoms with Crippen LogP contribution in [0.25, 0.3) is 5.69 Å². The molecule has 8 nitrogen and oxygen atoms in total. The van der Waals surface area contributed by atoms with Gasteiger partial charge in [-0.2, -0.15) is 0 Å². The monoisotopic (exact) mass is 603 g/mol. The largest absolute Gasteiger partial charge is 0.506 e. The maximum atomic E-state index is 12.7. The summed E-state index contributed by atoms with van der Waals surface area (Å²) in [6, 6.07) is 18.0. The number of rotatable bonds is 6. The van der Waals surface area contributed by atoms with Crippen LogP contribution in [0.3, 0.4) is 0 Å². The number of aromatic nitrogens is 2. The van der Waals surface area contributed by atoms with Gasteiger partial charge in [-0.3, -0.25) is 9.78 Å². The van der Waals surface area contributed by atoms with Crippen LogP contribution in [0.4, 0.5) is 11.4 Å². The number of hydrogen-bond donors (Lipinski definition) is 3. The summed E-state index contributed by atoms with van der Waals surface area (Å²) in [5.41, 5.74) is 5.08. The van der Waals surface area contributed by atoms with E-state index in [9.17, 15) is 9.90 Å². The summed E-state index contributed by atoms with van der Waals surface area (Å²) in [6.45, 7) is 9.59. The maximum Gasteiger partial charge on any atom is 0.229 e. The first kappa shape index (κ1) is 29.4. The minimum Gasteiger partial charge on any atom is -0.506 e. The van der Waals surface area contributed by atoms with Crippen molar-refractivity contribution in [1.29, 1.82) is 0 Å². The normalized spacial score (nSPS) is 16.8. The van der Waals surface area contributed by atoms with Gasteiger partial charge in [-0.05, 0) is 80.2 Å². The van der Waals surface area contributed by atoms with E-state index in [2.05, 4.69) is 26.6 Å². The number of anilines is 2. The molecule has 0 spiro atoms. The van der Waals surface area contributed by atoms with E-state index in [1.54, 1.807) is 31.5 Å². The first-order valence-corrected chi connectivity index (χ1v) is 14.4. The van der Waals surface area contributed by atoms with Crippen molar-refractivity contribution in [1.82, 2.24) is 14.9 Å². The number of hydrogen-bond acceptors (Lipinski definition) is 5. The molecule has 1 fully saturated rings. The van der Waals surface area contributed by atoms with Crippen molar-refractivity contribution >= 4 is 46.2 Å². The molecule has 0 radical (unpaired) electrons. The molecule has 0 unspecified atom stereocenters. The number of amides is 1. The predicted octanol–water partition coefficient (Wildman–Crippen LogP) is 7.02. The fraction of sp³-hybridized carbons (Fsp3) is 0.281. The quantitative estimate of drug-likeness (QED) is 0.204. The number of halogens is 1. The summed E-state index contributed by atoms with van der Waals surface area (Å²) in [6.07, 6.45) is 1.77. The van der Waals surface area contributed by atoms with Crippen molar-refractivity contribution in [2.45, 2.75) is 46.7 Å². The van der Waals surface area contributed by atoms with Gasteiger partial charge in [0.1, 0.15) is 11.5 Å². The number of aromatic hydroxyl groups is 1. The van der Waals surface area contributed by atoms with Crippen LogP contribution >= 0.6 is 23.8 Å². The summed E-state index contributed by atoms with van der Waals surface area (Å²) >= 11 is 12.3. The number of benzene rings is 2. The van der Waals surface area contributed by atoms with E-state index in [1.165, 1.54) is 0 Å². The van der Waals surface area contributed by atoms with Gasteiger partial charge < -0.3 is 29.9 Å². The van der Waals surface area contributed by atoms with Gasteiger partial charge in [0.2, 0.25) is 5.91 Å². The Bertz CT molecular complexity index is 1660. The fourth-order valence-electron chi connectivity index (χ4n) is 5.33. The van der Waals surface area contributed by atoms with Gasteiger partial charge in [-0.1, -0.05) is 38.4 Å². The topological polar surface area (TPSA) is 91.7 Å². The lowest BCUT2D eigenvalue weighted by atomic mass is 9.95. The molecule has 2 aromatic heterocycles. The van der Waals surface area contributed by atoms with Crippen LogP contribution in [0.15, 0.2) is 66.9 Å². The van der Waals surface area contributed by atoms with Crippen LogP contribution in [0, 0.1) is 19.3 Å². The van der Waals surface area contributed by atoms with Crippen LogP contribution in [0.2, 0.25) is 5.02 Å². The average molecular weight is 604 g/mol. The van der Waals surface area contributed by atoms with E-state index in [1.807, 2.05) is 75.6 Å². The lowest BCUT2D eigenvalue weighted by Gasteiger charge is -2.29. The van der Waals surface area contributed by atoms with E-state index < -0.39 is 5.41 Å². The van der Waals surface area contributed by atoms with E-state index in [0.717, 1.165) is 28.3 Å². The van der Waals surface area contributed by atoms with E-state index in [-0.39, 0.29) is 23.7 Å². The van der Waals surface area contributed by atoms with Crippen LogP contribution < -0.4 is 20.3 Å². The summed E-state index contributed by atoms with van der Waals surface area (Å²) < 4.78 is 7.71. The lowest BCUT2D eigenvalue weighted by Crippen LogP contribution is -2.30. The van der Waals surface area contributed by atoms with Gasteiger partial charge >= 0.3 is 0 Å². The second kappa shape index (κ2) is 11.3. The molecule has 2 atom stereocenters. The van der Waals surface area contributed by atoms with E-state index in [0.29, 0.717) is 27.3 Å². The lowest BCUT2D eigenvalue weighted by molar-refractivity contribution is -0.123. The number of phenols is 1. The number of methoxy groups -OCH3 is 1. The van der Waals surface area contributed by atoms with Gasteiger partial charge in [0.25, 0.3) is 0 Å². The molecule has 42 heavy (non-hydrogen) atoms. The number of nitrogens with zero attached hydrogens (tertiary/aromatic N) is 3. The van der Waals surface area contributed by atoms with Gasteiger partial charge in [0.05, 0.1) is 36.3 Å². The van der Waals surface area contributed by atoms with Crippen LogP contribution in [-0.4, -0.2) is 32.8 Å². The van der Waals surface area contributed by atoms with Crippen LogP contribution in [0.5, 0.6) is 11.5 Å². The Balaban J connectivity index is 1.64. The highest BCUT2D eigenvalue weighted by Gasteiger charge is 2.42. The van der Waals surface area contributed by atoms with Crippen molar-refractivity contribution in [3.8, 4) is 17.2 Å². The molecule has 1 aliphatic rings. The highest BCUT2D eigenvalue weighted by atomic mass is 35.5. The molecular weight excluding hydrogens is 570 g/mol. The minimum atomic E-state index is -0.564. The van der Waals surface area contributed by atoms with Crippen molar-refractivity contribution in [3.63, 3.8) is 0 Å². The number of carbonyl (C=O) groups is 1. The molecule has 3 heterocycles. The third kappa shape index (κ3) is 5.42. The van der Waals surface area contributed by atoms with Gasteiger partial charge in [0.15, 0.2) is 5.11 Å². The third-order valence-electron chi connectivity index (χ3n) is 7.46. The summed E-state index contributed by atoms with van der Waals surface area (Å²) in [4.78, 5) is 19.4. The molecule has 3 N–H and O–H groups in total. The second-order valence-corrected chi connectivity index (χ2v) is 12.2. The third-order valence-corrected chi connectivity index (χ3v) is 8.01. The van der Waals surface area contributed by atoms with Crippen molar-refractivity contribution in [3.05, 3.63) is 94.5 Å². The summed E-state index contributed by atoms with van der Waals surface area (Å²) in [5.74, 6) is 0.530. The standard InChI is InChI=1S/C32H34ClN5O3S/c1-18-15-22(19(2)37(18)25-16-20(33)10-13-26(25)39)29-28(24-9-7-8-14-34-24)36-31(42)38(29)21-11-12-23(27(17-21)41-6)35-30(40)32(3,4)5/h7-17,28-29,39H,1-6H3,(H,35,40)(H,36,42)/t28-,29+/m1/s1. The molecule has 1 amide bonds. The highest BCUT2D eigenvalue weighted by Crippen LogP contribution is 2.45. The Morgan fingerprint density at radius 3 is 2.55 bits per heavy atom. The molecule has 10 heteroatoms. The van der Waals surface area contributed by atoms with Crippen molar-refractivity contribution in [2.24, 2.45) is 5.41 Å². The zero-order valence-electron chi connectivity index (χ0n) is 24.4.